The molecule has 0 amide bonds. The third-order valence-corrected chi connectivity index (χ3v) is 2.92. The second kappa shape index (κ2) is 5.87. The predicted octanol–water partition coefficient (Wildman–Crippen LogP) is 2.54. The summed E-state index contributed by atoms with van der Waals surface area (Å²) in [6, 6.07) is 3.16. The van der Waals surface area contributed by atoms with Crippen LogP contribution in [0.25, 0.3) is 0 Å². The topological polar surface area (TPSA) is 58.3 Å². The summed E-state index contributed by atoms with van der Waals surface area (Å²) in [6.45, 7) is 5.96. The van der Waals surface area contributed by atoms with Gasteiger partial charge in [0, 0.05) is 12.6 Å². The lowest BCUT2D eigenvalue weighted by Crippen LogP contribution is -2.27. The molecule has 0 saturated carbocycles. The van der Waals surface area contributed by atoms with E-state index in [-0.39, 0.29) is 18.5 Å². The van der Waals surface area contributed by atoms with Gasteiger partial charge in [0.05, 0.1) is 11.4 Å². The highest BCUT2D eigenvalue weighted by atomic mass is 19.1. The number of rotatable bonds is 5. The van der Waals surface area contributed by atoms with E-state index in [2.05, 4.69) is 19.2 Å². The fraction of sp³-hybridized carbons (Fsp3) is 0.538. The van der Waals surface area contributed by atoms with Gasteiger partial charge in [-0.3, -0.25) is 0 Å². The number of aliphatic hydroxyl groups is 1. The highest BCUT2D eigenvalue weighted by molar-refractivity contribution is 5.67. The minimum absolute atomic E-state index is 0.121. The van der Waals surface area contributed by atoms with Gasteiger partial charge < -0.3 is 16.2 Å². The molecule has 0 fully saturated rings. The molecular weight excluding hydrogens is 219 g/mol. The Kier molecular flexibility index (Phi) is 4.75. The maximum atomic E-state index is 13.3. The van der Waals surface area contributed by atoms with Crippen LogP contribution in [0.15, 0.2) is 12.1 Å². The number of nitrogens with one attached hydrogen (secondary N) is 1. The summed E-state index contributed by atoms with van der Waals surface area (Å²) in [5.41, 5.74) is 7.47. The van der Waals surface area contributed by atoms with E-state index in [4.69, 9.17) is 10.8 Å². The minimum Gasteiger partial charge on any atom is -0.397 e. The number of anilines is 2. The van der Waals surface area contributed by atoms with E-state index in [0.717, 1.165) is 5.69 Å². The Morgan fingerprint density at radius 3 is 2.59 bits per heavy atom. The molecule has 4 N–H and O–H groups in total. The van der Waals surface area contributed by atoms with Gasteiger partial charge in [0.25, 0.3) is 0 Å². The van der Waals surface area contributed by atoms with Crippen LogP contribution in [0.2, 0.25) is 0 Å². The summed E-state index contributed by atoms with van der Waals surface area (Å²) in [6.07, 6.45) is 0.646. The van der Waals surface area contributed by atoms with Gasteiger partial charge in [-0.15, -0.1) is 0 Å². The molecule has 1 rings (SSSR count). The standard InChI is InChI=1S/C13H21FN2O/c1-8(2)12(4-5-17)16-13-6-9(3)10(14)7-11(13)15/h6-8,12,16-17H,4-5,15H2,1-3H3. The Morgan fingerprint density at radius 2 is 2.06 bits per heavy atom. The van der Waals surface area contributed by atoms with Crippen LogP contribution in [0.5, 0.6) is 0 Å². The zero-order chi connectivity index (χ0) is 13.0. The van der Waals surface area contributed by atoms with Crippen LogP contribution < -0.4 is 11.1 Å². The van der Waals surface area contributed by atoms with Gasteiger partial charge in [-0.05, 0) is 37.0 Å². The highest BCUT2D eigenvalue weighted by Gasteiger charge is 2.14. The normalized spacial score (nSPS) is 12.8. The fourth-order valence-corrected chi connectivity index (χ4v) is 1.73. The van der Waals surface area contributed by atoms with Crippen LogP contribution in [0, 0.1) is 18.7 Å². The van der Waals surface area contributed by atoms with E-state index in [1.54, 1.807) is 13.0 Å². The molecule has 1 aromatic rings. The number of hydrogen-bond acceptors (Lipinski definition) is 3. The van der Waals surface area contributed by atoms with Gasteiger partial charge in [0.2, 0.25) is 0 Å². The minimum atomic E-state index is -0.295. The Morgan fingerprint density at radius 1 is 1.41 bits per heavy atom. The number of aliphatic hydroxyl groups excluding tert-OH is 1. The smallest absolute Gasteiger partial charge is 0.128 e. The summed E-state index contributed by atoms with van der Waals surface area (Å²) in [4.78, 5) is 0. The van der Waals surface area contributed by atoms with Gasteiger partial charge in [-0.1, -0.05) is 13.8 Å². The molecule has 0 radical (unpaired) electrons. The molecule has 0 bridgehead atoms. The molecule has 1 atom stereocenters. The van der Waals surface area contributed by atoms with Crippen molar-refractivity contribution < 1.29 is 9.50 Å². The Bertz CT molecular complexity index is 380. The van der Waals surface area contributed by atoms with Crippen molar-refractivity contribution in [3.63, 3.8) is 0 Å². The number of nitrogen functional groups attached to an aromatic ring is 1. The molecule has 17 heavy (non-hydrogen) atoms. The van der Waals surface area contributed by atoms with Crippen LogP contribution in [0.1, 0.15) is 25.8 Å². The second-order valence-corrected chi connectivity index (χ2v) is 4.70. The van der Waals surface area contributed by atoms with Crippen molar-refractivity contribution in [1.82, 2.24) is 0 Å². The van der Waals surface area contributed by atoms with Gasteiger partial charge >= 0.3 is 0 Å². The number of benzene rings is 1. The van der Waals surface area contributed by atoms with E-state index in [0.29, 0.717) is 23.6 Å². The zero-order valence-corrected chi connectivity index (χ0v) is 10.6. The quantitative estimate of drug-likeness (QED) is 0.693. The number of halogens is 1. The summed E-state index contributed by atoms with van der Waals surface area (Å²) in [5.74, 6) is 0.0724. The molecule has 0 aliphatic rings. The average molecular weight is 240 g/mol. The Hall–Kier alpha value is -1.29. The Balaban J connectivity index is 2.89. The van der Waals surface area contributed by atoms with E-state index in [9.17, 15) is 4.39 Å². The Labute approximate surface area is 102 Å². The van der Waals surface area contributed by atoms with E-state index >= 15 is 0 Å². The summed E-state index contributed by atoms with van der Waals surface area (Å²) < 4.78 is 13.3. The second-order valence-electron chi connectivity index (χ2n) is 4.70. The zero-order valence-electron chi connectivity index (χ0n) is 10.6. The third kappa shape index (κ3) is 3.60. The first-order valence-corrected chi connectivity index (χ1v) is 5.88. The molecule has 0 aliphatic carbocycles. The molecule has 3 nitrogen and oxygen atoms in total. The van der Waals surface area contributed by atoms with Gasteiger partial charge in [-0.25, -0.2) is 4.39 Å². The molecule has 96 valence electrons. The molecule has 0 spiro atoms. The van der Waals surface area contributed by atoms with Crippen molar-refractivity contribution in [2.24, 2.45) is 5.92 Å². The predicted molar refractivity (Wildman–Crippen MR) is 69.5 cm³/mol. The summed E-state index contributed by atoms with van der Waals surface area (Å²) in [7, 11) is 0. The van der Waals surface area contributed by atoms with E-state index in [1.807, 2.05) is 0 Å². The largest absolute Gasteiger partial charge is 0.397 e. The maximum absolute atomic E-state index is 13.3. The van der Waals surface area contributed by atoms with Gasteiger partial charge in [0.1, 0.15) is 5.82 Å². The molecule has 4 heteroatoms. The molecule has 1 unspecified atom stereocenters. The van der Waals surface area contributed by atoms with Crippen molar-refractivity contribution in [3.05, 3.63) is 23.5 Å². The maximum Gasteiger partial charge on any atom is 0.128 e. The SMILES string of the molecule is Cc1cc(NC(CCO)C(C)C)c(N)cc1F. The van der Waals surface area contributed by atoms with Crippen LogP contribution in [-0.2, 0) is 0 Å². The van der Waals surface area contributed by atoms with Crippen LogP contribution in [0.3, 0.4) is 0 Å². The molecule has 0 saturated heterocycles. The van der Waals surface area contributed by atoms with Crippen LogP contribution >= 0.6 is 0 Å². The van der Waals surface area contributed by atoms with Crippen molar-refractivity contribution in [1.29, 1.82) is 0 Å². The fourth-order valence-electron chi connectivity index (χ4n) is 1.73. The van der Waals surface area contributed by atoms with Gasteiger partial charge in [-0.2, -0.15) is 0 Å². The summed E-state index contributed by atoms with van der Waals surface area (Å²) in [5, 5.41) is 12.3. The average Bonchev–Trinajstić information content (AvgIpc) is 2.24. The van der Waals surface area contributed by atoms with Crippen LogP contribution in [-0.4, -0.2) is 17.8 Å². The molecule has 0 heterocycles. The number of aryl methyl sites for hydroxylation is 1. The van der Waals surface area contributed by atoms with Crippen molar-refractivity contribution in [3.8, 4) is 0 Å². The van der Waals surface area contributed by atoms with Crippen molar-refractivity contribution in [2.45, 2.75) is 33.2 Å². The lowest BCUT2D eigenvalue weighted by Gasteiger charge is -2.24. The van der Waals surface area contributed by atoms with E-state index < -0.39 is 0 Å². The molecule has 0 aliphatic heterocycles. The number of hydrogen-bond donors (Lipinski definition) is 3. The first-order chi connectivity index (χ1) is 7.95. The molecular formula is C13H21FN2O. The monoisotopic (exact) mass is 240 g/mol. The van der Waals surface area contributed by atoms with E-state index in [1.165, 1.54) is 6.07 Å². The first-order valence-electron chi connectivity index (χ1n) is 5.88. The molecule has 1 aromatic carbocycles. The van der Waals surface area contributed by atoms with Crippen molar-refractivity contribution in [2.75, 3.05) is 17.7 Å². The van der Waals surface area contributed by atoms with Gasteiger partial charge in [0.15, 0.2) is 0 Å². The molecule has 0 aromatic heterocycles. The van der Waals surface area contributed by atoms with Crippen LogP contribution in [0.4, 0.5) is 15.8 Å². The highest BCUT2D eigenvalue weighted by Crippen LogP contribution is 2.25. The lowest BCUT2D eigenvalue weighted by atomic mass is 10.0. The number of nitrogens with two attached hydrogens (primary N) is 1. The summed E-state index contributed by atoms with van der Waals surface area (Å²) >= 11 is 0. The first kappa shape index (κ1) is 13.8. The van der Waals surface area contributed by atoms with Crippen molar-refractivity contribution >= 4 is 11.4 Å². The third-order valence-electron chi connectivity index (χ3n) is 2.92. The lowest BCUT2D eigenvalue weighted by molar-refractivity contribution is 0.267.